The lowest BCUT2D eigenvalue weighted by Gasteiger charge is -2.30. The van der Waals surface area contributed by atoms with Gasteiger partial charge in [-0.3, -0.25) is 9.78 Å². The van der Waals surface area contributed by atoms with Crippen molar-refractivity contribution < 1.29 is 9.53 Å². The van der Waals surface area contributed by atoms with Crippen LogP contribution in [0.25, 0.3) is 11.4 Å². The molecule has 1 atom stereocenters. The maximum Gasteiger partial charge on any atom is 0.226 e. The van der Waals surface area contributed by atoms with E-state index < -0.39 is 0 Å². The van der Waals surface area contributed by atoms with Gasteiger partial charge < -0.3 is 14.2 Å². The van der Waals surface area contributed by atoms with Crippen LogP contribution in [0.1, 0.15) is 17.8 Å². The van der Waals surface area contributed by atoms with Crippen molar-refractivity contribution in [1.29, 1.82) is 0 Å². The summed E-state index contributed by atoms with van der Waals surface area (Å²) in [6.07, 6.45) is 5.21. The van der Waals surface area contributed by atoms with E-state index >= 15 is 0 Å². The number of nitrogens with zero attached hydrogens (tertiary/aromatic N) is 4. The number of ether oxygens (including phenoxy) is 1. The summed E-state index contributed by atoms with van der Waals surface area (Å²) < 4.78 is 7.48. The first-order chi connectivity index (χ1) is 14.3. The molecule has 0 saturated carbocycles. The topological polar surface area (TPSA) is 60.2 Å². The average Bonchev–Trinajstić information content (AvgIpc) is 3.21. The summed E-state index contributed by atoms with van der Waals surface area (Å²) >= 11 is 0. The van der Waals surface area contributed by atoms with Crippen LogP contribution in [0, 0.1) is 5.92 Å². The van der Waals surface area contributed by atoms with E-state index in [0.29, 0.717) is 26.1 Å². The van der Waals surface area contributed by atoms with E-state index in [2.05, 4.69) is 26.7 Å². The molecule has 1 amide bonds. The molecular formula is C23H26N4O2. The minimum atomic E-state index is -0.0385. The van der Waals surface area contributed by atoms with Crippen LogP contribution in [0.5, 0.6) is 0 Å². The van der Waals surface area contributed by atoms with Gasteiger partial charge in [0.25, 0.3) is 0 Å². The van der Waals surface area contributed by atoms with E-state index in [9.17, 15) is 4.79 Å². The summed E-state index contributed by atoms with van der Waals surface area (Å²) in [6.45, 7) is 2.39. The normalized spacial score (nSPS) is 15.7. The van der Waals surface area contributed by atoms with E-state index in [0.717, 1.165) is 35.7 Å². The molecule has 0 bridgehead atoms. The first kappa shape index (κ1) is 19.3. The van der Waals surface area contributed by atoms with E-state index in [1.165, 1.54) is 0 Å². The van der Waals surface area contributed by atoms with Crippen molar-refractivity contribution in [2.24, 2.45) is 5.92 Å². The number of rotatable bonds is 7. The molecule has 6 heteroatoms. The Balaban J connectivity index is 1.49. The lowest BCUT2D eigenvalue weighted by Crippen LogP contribution is -2.40. The number of carbonyl (C=O) groups excluding carboxylic acids is 1. The predicted octanol–water partition coefficient (Wildman–Crippen LogP) is 3.18. The molecular weight excluding hydrogens is 364 g/mol. The van der Waals surface area contributed by atoms with Gasteiger partial charge in [0.1, 0.15) is 5.82 Å². The molecule has 4 rings (SSSR count). The monoisotopic (exact) mass is 390 g/mol. The molecule has 0 aliphatic carbocycles. The van der Waals surface area contributed by atoms with E-state index in [1.54, 1.807) is 13.3 Å². The van der Waals surface area contributed by atoms with Gasteiger partial charge in [-0.2, -0.15) is 0 Å². The van der Waals surface area contributed by atoms with Gasteiger partial charge in [0.2, 0.25) is 5.91 Å². The summed E-state index contributed by atoms with van der Waals surface area (Å²) in [5.41, 5.74) is 3.13. The molecule has 29 heavy (non-hydrogen) atoms. The second kappa shape index (κ2) is 9.01. The van der Waals surface area contributed by atoms with Crippen molar-refractivity contribution in [2.75, 3.05) is 20.3 Å². The molecule has 3 heterocycles. The van der Waals surface area contributed by atoms with Gasteiger partial charge >= 0.3 is 0 Å². The first-order valence-electron chi connectivity index (χ1n) is 10.0. The van der Waals surface area contributed by atoms with Gasteiger partial charge in [0, 0.05) is 56.2 Å². The molecule has 0 radical (unpaired) electrons. The highest BCUT2D eigenvalue weighted by molar-refractivity contribution is 5.79. The number of pyridine rings is 1. The van der Waals surface area contributed by atoms with Gasteiger partial charge in [-0.05, 0) is 18.6 Å². The molecule has 3 aromatic rings. The second-order valence-electron chi connectivity index (χ2n) is 7.35. The SMILES string of the molecule is COCCN(Cc1ccccn1)C(=O)C1CCn2c(cnc2-c2ccccc2)C1. The number of imidazole rings is 1. The number of carbonyl (C=O) groups is 1. The van der Waals surface area contributed by atoms with Gasteiger partial charge in [-0.15, -0.1) is 0 Å². The van der Waals surface area contributed by atoms with E-state index in [-0.39, 0.29) is 11.8 Å². The van der Waals surface area contributed by atoms with Gasteiger partial charge in [-0.25, -0.2) is 4.98 Å². The smallest absolute Gasteiger partial charge is 0.226 e. The minimum Gasteiger partial charge on any atom is -0.383 e. The fourth-order valence-electron chi connectivity index (χ4n) is 3.91. The number of hydrogen-bond acceptors (Lipinski definition) is 4. The van der Waals surface area contributed by atoms with Gasteiger partial charge in [0.05, 0.1) is 18.8 Å². The van der Waals surface area contributed by atoms with Crippen molar-refractivity contribution in [3.8, 4) is 11.4 Å². The van der Waals surface area contributed by atoms with Gasteiger partial charge in [0.15, 0.2) is 0 Å². The number of benzene rings is 1. The van der Waals surface area contributed by atoms with Crippen molar-refractivity contribution in [1.82, 2.24) is 19.4 Å². The van der Waals surface area contributed by atoms with Crippen molar-refractivity contribution in [3.05, 3.63) is 72.3 Å². The molecule has 0 saturated heterocycles. The molecule has 0 N–H and O–H groups in total. The summed E-state index contributed by atoms with van der Waals surface area (Å²) in [5.74, 6) is 1.11. The van der Waals surface area contributed by atoms with Crippen LogP contribution in [0.4, 0.5) is 0 Å². The Morgan fingerprint density at radius 1 is 1.17 bits per heavy atom. The van der Waals surface area contributed by atoms with Crippen LogP contribution in [-0.4, -0.2) is 45.6 Å². The lowest BCUT2D eigenvalue weighted by molar-refractivity contribution is -0.137. The standard InChI is InChI=1S/C23H26N4O2/c1-29-14-13-26(17-20-9-5-6-11-24-20)23(28)19-10-12-27-21(15-19)16-25-22(27)18-7-3-2-4-8-18/h2-9,11,16,19H,10,12-15,17H2,1H3. The molecule has 1 aliphatic rings. The third-order valence-corrected chi connectivity index (χ3v) is 5.43. The second-order valence-corrected chi connectivity index (χ2v) is 7.35. The fraction of sp³-hybridized carbons (Fsp3) is 0.348. The summed E-state index contributed by atoms with van der Waals surface area (Å²) in [7, 11) is 1.66. The zero-order valence-electron chi connectivity index (χ0n) is 16.7. The fourth-order valence-corrected chi connectivity index (χ4v) is 3.91. The summed E-state index contributed by atoms with van der Waals surface area (Å²) in [4.78, 5) is 24.2. The predicted molar refractivity (Wildman–Crippen MR) is 111 cm³/mol. The van der Waals surface area contributed by atoms with Crippen LogP contribution in [0.2, 0.25) is 0 Å². The van der Waals surface area contributed by atoms with Crippen LogP contribution in [0.3, 0.4) is 0 Å². The number of methoxy groups -OCH3 is 1. The lowest BCUT2D eigenvalue weighted by atomic mass is 9.94. The number of aromatic nitrogens is 3. The zero-order valence-corrected chi connectivity index (χ0v) is 16.7. The van der Waals surface area contributed by atoms with Crippen LogP contribution < -0.4 is 0 Å². The van der Waals surface area contributed by atoms with Crippen LogP contribution in [-0.2, 0) is 29.0 Å². The highest BCUT2D eigenvalue weighted by Crippen LogP contribution is 2.28. The number of hydrogen-bond donors (Lipinski definition) is 0. The molecule has 1 aliphatic heterocycles. The average molecular weight is 390 g/mol. The molecule has 150 valence electrons. The molecule has 1 aromatic carbocycles. The van der Waals surface area contributed by atoms with Crippen molar-refractivity contribution in [2.45, 2.75) is 25.9 Å². The summed E-state index contributed by atoms with van der Waals surface area (Å²) in [5, 5.41) is 0. The Morgan fingerprint density at radius 2 is 2.00 bits per heavy atom. The molecule has 6 nitrogen and oxygen atoms in total. The van der Waals surface area contributed by atoms with Crippen molar-refractivity contribution >= 4 is 5.91 Å². The third-order valence-electron chi connectivity index (χ3n) is 5.43. The quantitative estimate of drug-likeness (QED) is 0.622. The Kier molecular flexibility index (Phi) is 6.00. The molecule has 2 aromatic heterocycles. The molecule has 0 fully saturated rings. The first-order valence-corrected chi connectivity index (χ1v) is 10.0. The zero-order chi connectivity index (χ0) is 20.1. The maximum atomic E-state index is 13.3. The maximum absolute atomic E-state index is 13.3. The van der Waals surface area contributed by atoms with Gasteiger partial charge in [-0.1, -0.05) is 36.4 Å². The largest absolute Gasteiger partial charge is 0.383 e. The number of amides is 1. The minimum absolute atomic E-state index is 0.0385. The van der Waals surface area contributed by atoms with Crippen LogP contribution in [0.15, 0.2) is 60.9 Å². The Labute approximate surface area is 171 Å². The van der Waals surface area contributed by atoms with Crippen LogP contribution >= 0.6 is 0 Å². The summed E-state index contributed by atoms with van der Waals surface area (Å²) in [6, 6.07) is 16.0. The third kappa shape index (κ3) is 4.38. The Hall–Kier alpha value is -2.99. The Bertz CT molecular complexity index is 940. The van der Waals surface area contributed by atoms with E-state index in [4.69, 9.17) is 4.74 Å². The van der Waals surface area contributed by atoms with E-state index in [1.807, 2.05) is 47.5 Å². The highest BCUT2D eigenvalue weighted by atomic mass is 16.5. The Morgan fingerprint density at radius 3 is 2.76 bits per heavy atom. The molecule has 0 spiro atoms. The molecule has 1 unspecified atom stereocenters. The van der Waals surface area contributed by atoms with Crippen molar-refractivity contribution in [3.63, 3.8) is 0 Å². The highest BCUT2D eigenvalue weighted by Gasteiger charge is 2.30. The number of fused-ring (bicyclic) bond motifs is 1.